The first kappa shape index (κ1) is 12.0. The number of nitrogens with zero attached hydrogens (tertiary/aromatic N) is 1. The van der Waals surface area contributed by atoms with Crippen LogP contribution in [0.25, 0.3) is 0 Å². The van der Waals surface area contributed by atoms with Gasteiger partial charge in [0.2, 0.25) is 0 Å². The Kier molecular flexibility index (Phi) is 4.39. The first-order chi connectivity index (χ1) is 6.65. The summed E-state index contributed by atoms with van der Waals surface area (Å²) in [6, 6.07) is 0.759. The van der Waals surface area contributed by atoms with Gasteiger partial charge in [0, 0.05) is 24.7 Å². The Morgan fingerprint density at radius 3 is 2.57 bits per heavy atom. The third-order valence-electron chi connectivity index (χ3n) is 3.60. The highest BCUT2D eigenvalue weighted by molar-refractivity contribution is 4.93. The van der Waals surface area contributed by atoms with E-state index in [-0.39, 0.29) is 0 Å². The van der Waals surface area contributed by atoms with Gasteiger partial charge in [-0.25, -0.2) is 0 Å². The monoisotopic (exact) mass is 198 g/mol. The summed E-state index contributed by atoms with van der Waals surface area (Å²) in [6.45, 7) is 12.8. The molecule has 1 aliphatic heterocycles. The van der Waals surface area contributed by atoms with Crippen LogP contribution in [0, 0.1) is 0 Å². The van der Waals surface area contributed by atoms with Crippen molar-refractivity contribution in [1.82, 2.24) is 10.2 Å². The molecule has 1 aliphatic rings. The molecule has 1 rings (SSSR count). The van der Waals surface area contributed by atoms with E-state index in [4.69, 9.17) is 0 Å². The van der Waals surface area contributed by atoms with E-state index in [2.05, 4.69) is 37.9 Å². The van der Waals surface area contributed by atoms with Crippen LogP contribution in [0.4, 0.5) is 0 Å². The van der Waals surface area contributed by atoms with Crippen molar-refractivity contribution in [2.24, 2.45) is 0 Å². The summed E-state index contributed by atoms with van der Waals surface area (Å²) in [5, 5.41) is 3.69. The molecule has 0 radical (unpaired) electrons. The smallest absolute Gasteiger partial charge is 0.0278 e. The van der Waals surface area contributed by atoms with Crippen molar-refractivity contribution >= 4 is 0 Å². The van der Waals surface area contributed by atoms with Gasteiger partial charge >= 0.3 is 0 Å². The van der Waals surface area contributed by atoms with Gasteiger partial charge in [-0.2, -0.15) is 0 Å². The first-order valence-electron chi connectivity index (χ1n) is 6.14. The standard InChI is InChI=1S/C12H26N2/c1-5-8-14-10-12(4,7-3)13-9-11(14)6-2/h11,13H,5-10H2,1-4H3. The molecule has 0 amide bonds. The minimum atomic E-state index is 0.348. The summed E-state index contributed by atoms with van der Waals surface area (Å²) < 4.78 is 0. The Morgan fingerprint density at radius 1 is 1.36 bits per heavy atom. The van der Waals surface area contributed by atoms with E-state index in [0.717, 1.165) is 6.04 Å². The molecular formula is C12H26N2. The van der Waals surface area contributed by atoms with Gasteiger partial charge < -0.3 is 5.32 Å². The van der Waals surface area contributed by atoms with Crippen LogP contribution in [0.3, 0.4) is 0 Å². The Morgan fingerprint density at radius 2 is 2.07 bits per heavy atom. The van der Waals surface area contributed by atoms with Gasteiger partial charge in [-0.05, 0) is 32.7 Å². The van der Waals surface area contributed by atoms with Gasteiger partial charge in [0.1, 0.15) is 0 Å². The van der Waals surface area contributed by atoms with Crippen molar-refractivity contribution in [1.29, 1.82) is 0 Å². The van der Waals surface area contributed by atoms with Crippen LogP contribution in [0.2, 0.25) is 0 Å². The molecule has 0 aromatic heterocycles. The SMILES string of the molecule is CCCN1CC(C)(CC)NCC1CC. The molecule has 1 saturated heterocycles. The van der Waals surface area contributed by atoms with Gasteiger partial charge in [-0.3, -0.25) is 4.90 Å². The minimum Gasteiger partial charge on any atom is -0.309 e. The summed E-state index contributed by atoms with van der Waals surface area (Å²) in [5.74, 6) is 0. The molecule has 0 spiro atoms. The van der Waals surface area contributed by atoms with Gasteiger partial charge in [0.25, 0.3) is 0 Å². The Labute approximate surface area is 89.1 Å². The van der Waals surface area contributed by atoms with Crippen LogP contribution in [0.1, 0.15) is 47.0 Å². The van der Waals surface area contributed by atoms with Crippen molar-refractivity contribution < 1.29 is 0 Å². The molecule has 2 unspecified atom stereocenters. The quantitative estimate of drug-likeness (QED) is 0.745. The highest BCUT2D eigenvalue weighted by Gasteiger charge is 2.32. The molecule has 0 aliphatic carbocycles. The van der Waals surface area contributed by atoms with Crippen molar-refractivity contribution in [3.8, 4) is 0 Å². The highest BCUT2D eigenvalue weighted by Crippen LogP contribution is 2.20. The predicted octanol–water partition coefficient (Wildman–Crippen LogP) is 2.25. The molecule has 2 nitrogen and oxygen atoms in total. The summed E-state index contributed by atoms with van der Waals surface area (Å²) >= 11 is 0. The second kappa shape index (κ2) is 5.13. The number of rotatable bonds is 4. The molecule has 2 atom stereocenters. The topological polar surface area (TPSA) is 15.3 Å². The number of hydrogen-bond acceptors (Lipinski definition) is 2. The zero-order valence-corrected chi connectivity index (χ0v) is 10.3. The lowest BCUT2D eigenvalue weighted by Gasteiger charge is -2.46. The number of hydrogen-bond donors (Lipinski definition) is 1. The van der Waals surface area contributed by atoms with E-state index in [1.54, 1.807) is 0 Å². The molecule has 0 bridgehead atoms. The normalized spacial score (nSPS) is 34.7. The molecule has 1 fully saturated rings. The number of piperazine rings is 1. The lowest BCUT2D eigenvalue weighted by atomic mass is 9.92. The average Bonchev–Trinajstić information content (AvgIpc) is 2.19. The fourth-order valence-electron chi connectivity index (χ4n) is 2.31. The summed E-state index contributed by atoms with van der Waals surface area (Å²) in [4.78, 5) is 2.67. The molecule has 1 heterocycles. The van der Waals surface area contributed by atoms with E-state index in [9.17, 15) is 0 Å². The molecule has 2 heteroatoms. The van der Waals surface area contributed by atoms with Gasteiger partial charge in [-0.15, -0.1) is 0 Å². The lowest BCUT2D eigenvalue weighted by molar-refractivity contribution is 0.0823. The van der Waals surface area contributed by atoms with Gasteiger partial charge in [-0.1, -0.05) is 20.8 Å². The molecule has 84 valence electrons. The number of nitrogens with one attached hydrogen (secondary N) is 1. The van der Waals surface area contributed by atoms with Crippen LogP contribution in [-0.4, -0.2) is 36.1 Å². The van der Waals surface area contributed by atoms with Gasteiger partial charge in [0.15, 0.2) is 0 Å². The molecule has 1 N–H and O–H groups in total. The second-order valence-corrected chi connectivity index (χ2v) is 4.83. The maximum Gasteiger partial charge on any atom is 0.0278 e. The van der Waals surface area contributed by atoms with Crippen LogP contribution in [-0.2, 0) is 0 Å². The highest BCUT2D eigenvalue weighted by atomic mass is 15.2. The summed E-state index contributed by atoms with van der Waals surface area (Å²) in [5.41, 5.74) is 0.348. The van der Waals surface area contributed by atoms with E-state index in [0.29, 0.717) is 5.54 Å². The van der Waals surface area contributed by atoms with Crippen LogP contribution >= 0.6 is 0 Å². The van der Waals surface area contributed by atoms with E-state index in [1.165, 1.54) is 38.9 Å². The molecule has 0 aromatic rings. The lowest BCUT2D eigenvalue weighted by Crippen LogP contribution is -2.62. The maximum absolute atomic E-state index is 3.69. The first-order valence-corrected chi connectivity index (χ1v) is 6.14. The van der Waals surface area contributed by atoms with Crippen LogP contribution < -0.4 is 5.32 Å². The largest absolute Gasteiger partial charge is 0.309 e. The van der Waals surface area contributed by atoms with Crippen molar-refractivity contribution in [2.45, 2.75) is 58.5 Å². The van der Waals surface area contributed by atoms with Crippen LogP contribution in [0.15, 0.2) is 0 Å². The van der Waals surface area contributed by atoms with Crippen molar-refractivity contribution in [2.75, 3.05) is 19.6 Å². The third kappa shape index (κ3) is 2.71. The predicted molar refractivity (Wildman–Crippen MR) is 62.6 cm³/mol. The van der Waals surface area contributed by atoms with Gasteiger partial charge in [0.05, 0.1) is 0 Å². The molecular weight excluding hydrogens is 172 g/mol. The third-order valence-corrected chi connectivity index (χ3v) is 3.60. The molecule has 0 aromatic carbocycles. The Hall–Kier alpha value is -0.0800. The fraction of sp³-hybridized carbons (Fsp3) is 1.00. The van der Waals surface area contributed by atoms with Crippen molar-refractivity contribution in [3.63, 3.8) is 0 Å². The Bertz CT molecular complexity index is 170. The summed E-state index contributed by atoms with van der Waals surface area (Å²) in [7, 11) is 0. The van der Waals surface area contributed by atoms with Crippen molar-refractivity contribution in [3.05, 3.63) is 0 Å². The van der Waals surface area contributed by atoms with E-state index in [1.807, 2.05) is 0 Å². The second-order valence-electron chi connectivity index (χ2n) is 4.83. The maximum atomic E-state index is 3.69. The zero-order valence-electron chi connectivity index (χ0n) is 10.3. The fourth-order valence-corrected chi connectivity index (χ4v) is 2.31. The zero-order chi connectivity index (χ0) is 10.6. The van der Waals surface area contributed by atoms with E-state index >= 15 is 0 Å². The average molecular weight is 198 g/mol. The Balaban J connectivity index is 2.56. The van der Waals surface area contributed by atoms with Crippen LogP contribution in [0.5, 0.6) is 0 Å². The summed E-state index contributed by atoms with van der Waals surface area (Å²) in [6.07, 6.45) is 3.77. The molecule has 14 heavy (non-hydrogen) atoms. The molecule has 0 saturated carbocycles. The minimum absolute atomic E-state index is 0.348. The van der Waals surface area contributed by atoms with E-state index < -0.39 is 0 Å².